The van der Waals surface area contributed by atoms with Gasteiger partial charge in [-0.25, -0.2) is 4.98 Å². The van der Waals surface area contributed by atoms with E-state index < -0.39 is 0 Å². The summed E-state index contributed by atoms with van der Waals surface area (Å²) in [5, 5.41) is 0. The first-order valence-electron chi connectivity index (χ1n) is 7.20. The highest BCUT2D eigenvalue weighted by molar-refractivity contribution is 5.78. The van der Waals surface area contributed by atoms with Gasteiger partial charge in [0.2, 0.25) is 11.8 Å². The number of carbonyl (C=O) groups is 1. The fourth-order valence-electron chi connectivity index (χ4n) is 2.96. The SMILES string of the molecule is Cc1cnc(COCC(=O)N2C[C@@H]3COCC[C@]3(N)C2)o1. The van der Waals surface area contributed by atoms with Crippen LogP contribution in [-0.2, 0) is 20.9 Å². The third kappa shape index (κ3) is 3.09. The van der Waals surface area contributed by atoms with Gasteiger partial charge in [0.05, 0.1) is 12.8 Å². The van der Waals surface area contributed by atoms with Crippen LogP contribution in [0.15, 0.2) is 10.6 Å². The summed E-state index contributed by atoms with van der Waals surface area (Å²) in [5.74, 6) is 1.40. The van der Waals surface area contributed by atoms with E-state index in [1.54, 1.807) is 11.1 Å². The van der Waals surface area contributed by atoms with E-state index >= 15 is 0 Å². The van der Waals surface area contributed by atoms with Crippen LogP contribution in [0, 0.1) is 12.8 Å². The molecule has 2 aliphatic heterocycles. The molecule has 0 unspecified atom stereocenters. The number of fused-ring (bicyclic) bond motifs is 1. The van der Waals surface area contributed by atoms with Crippen molar-refractivity contribution in [3.63, 3.8) is 0 Å². The van der Waals surface area contributed by atoms with Gasteiger partial charge in [0.25, 0.3) is 0 Å². The molecule has 0 spiro atoms. The van der Waals surface area contributed by atoms with Crippen LogP contribution in [0.1, 0.15) is 18.1 Å². The van der Waals surface area contributed by atoms with E-state index in [2.05, 4.69) is 4.98 Å². The number of ether oxygens (including phenoxy) is 2. The lowest BCUT2D eigenvalue weighted by Gasteiger charge is -2.34. The molecule has 1 amide bonds. The van der Waals surface area contributed by atoms with Crippen molar-refractivity contribution < 1.29 is 18.7 Å². The number of nitrogens with two attached hydrogens (primary N) is 1. The molecule has 0 saturated carbocycles. The maximum absolute atomic E-state index is 12.2. The van der Waals surface area contributed by atoms with Gasteiger partial charge in [-0.1, -0.05) is 0 Å². The number of amides is 1. The molecular weight excluding hydrogens is 274 g/mol. The molecule has 0 radical (unpaired) electrons. The van der Waals surface area contributed by atoms with Crippen LogP contribution in [-0.4, -0.2) is 54.2 Å². The average molecular weight is 295 g/mol. The molecule has 1 aromatic rings. The molecule has 2 atom stereocenters. The minimum Gasteiger partial charge on any atom is -0.443 e. The van der Waals surface area contributed by atoms with Crippen molar-refractivity contribution in [2.75, 3.05) is 32.9 Å². The summed E-state index contributed by atoms with van der Waals surface area (Å²) in [4.78, 5) is 18.0. The number of nitrogens with zero attached hydrogens (tertiary/aromatic N) is 2. The zero-order valence-corrected chi connectivity index (χ0v) is 12.2. The van der Waals surface area contributed by atoms with Gasteiger partial charge in [0, 0.05) is 31.2 Å². The van der Waals surface area contributed by atoms with Crippen molar-refractivity contribution in [2.24, 2.45) is 11.7 Å². The Labute approximate surface area is 123 Å². The first-order chi connectivity index (χ1) is 10.1. The van der Waals surface area contributed by atoms with E-state index in [0.29, 0.717) is 32.2 Å². The summed E-state index contributed by atoms with van der Waals surface area (Å²) in [7, 11) is 0. The van der Waals surface area contributed by atoms with E-state index in [9.17, 15) is 4.79 Å². The van der Waals surface area contributed by atoms with Gasteiger partial charge in [-0.05, 0) is 13.3 Å². The Bertz CT molecular complexity index is 518. The van der Waals surface area contributed by atoms with Gasteiger partial charge >= 0.3 is 0 Å². The normalized spacial score (nSPS) is 28.7. The van der Waals surface area contributed by atoms with Crippen molar-refractivity contribution >= 4 is 5.91 Å². The van der Waals surface area contributed by atoms with Crippen LogP contribution in [0.2, 0.25) is 0 Å². The lowest BCUT2D eigenvalue weighted by atomic mass is 9.84. The van der Waals surface area contributed by atoms with E-state index in [4.69, 9.17) is 19.6 Å². The number of aromatic nitrogens is 1. The molecule has 116 valence electrons. The summed E-state index contributed by atoms with van der Waals surface area (Å²) < 4.78 is 16.1. The van der Waals surface area contributed by atoms with Crippen LogP contribution in [0.4, 0.5) is 0 Å². The maximum Gasteiger partial charge on any atom is 0.248 e. The third-order valence-corrected chi connectivity index (χ3v) is 4.24. The summed E-state index contributed by atoms with van der Waals surface area (Å²) in [5.41, 5.74) is 6.08. The Balaban J connectivity index is 1.48. The highest BCUT2D eigenvalue weighted by Crippen LogP contribution is 2.32. The van der Waals surface area contributed by atoms with Gasteiger partial charge in [0.1, 0.15) is 19.0 Å². The molecule has 0 aliphatic carbocycles. The van der Waals surface area contributed by atoms with Crippen molar-refractivity contribution in [1.29, 1.82) is 0 Å². The van der Waals surface area contributed by atoms with Gasteiger partial charge in [0.15, 0.2) is 0 Å². The van der Waals surface area contributed by atoms with Gasteiger partial charge in [-0.3, -0.25) is 4.79 Å². The summed E-state index contributed by atoms with van der Waals surface area (Å²) in [6, 6.07) is 0. The summed E-state index contributed by atoms with van der Waals surface area (Å²) >= 11 is 0. The standard InChI is InChI=1S/C14H21N3O4/c1-10-4-16-12(21-10)7-20-8-13(18)17-5-11-6-19-3-2-14(11,15)9-17/h4,11H,2-3,5-9,15H2,1H3/t11-,14+/m1/s1. The van der Waals surface area contributed by atoms with Crippen molar-refractivity contribution in [3.05, 3.63) is 17.8 Å². The second kappa shape index (κ2) is 5.75. The molecule has 2 aliphatic rings. The quantitative estimate of drug-likeness (QED) is 0.845. The molecule has 21 heavy (non-hydrogen) atoms. The van der Waals surface area contributed by atoms with Crippen LogP contribution >= 0.6 is 0 Å². The fourth-order valence-corrected chi connectivity index (χ4v) is 2.96. The number of aryl methyl sites for hydroxylation is 1. The first kappa shape index (κ1) is 14.5. The summed E-state index contributed by atoms with van der Waals surface area (Å²) in [6.45, 7) is 4.58. The minimum absolute atomic E-state index is 0.0189. The van der Waals surface area contributed by atoms with Gasteiger partial charge in [-0.15, -0.1) is 0 Å². The Kier molecular flexibility index (Phi) is 3.97. The lowest BCUT2D eigenvalue weighted by Crippen LogP contribution is -2.52. The second-order valence-corrected chi connectivity index (χ2v) is 5.89. The number of rotatable bonds is 4. The topological polar surface area (TPSA) is 90.8 Å². The van der Waals surface area contributed by atoms with E-state index in [0.717, 1.165) is 12.2 Å². The van der Waals surface area contributed by atoms with Gasteiger partial charge in [-0.2, -0.15) is 0 Å². The zero-order valence-electron chi connectivity index (χ0n) is 12.2. The fraction of sp³-hybridized carbons (Fsp3) is 0.714. The van der Waals surface area contributed by atoms with Crippen LogP contribution < -0.4 is 5.73 Å². The van der Waals surface area contributed by atoms with Crippen molar-refractivity contribution in [2.45, 2.75) is 25.5 Å². The highest BCUT2D eigenvalue weighted by atomic mass is 16.5. The number of carbonyl (C=O) groups excluding carboxylic acids is 1. The Morgan fingerprint density at radius 1 is 1.67 bits per heavy atom. The molecule has 2 N–H and O–H groups in total. The van der Waals surface area contributed by atoms with E-state index in [1.165, 1.54) is 0 Å². The molecular formula is C14H21N3O4. The number of hydrogen-bond acceptors (Lipinski definition) is 6. The smallest absolute Gasteiger partial charge is 0.248 e. The first-order valence-corrected chi connectivity index (χ1v) is 7.20. The number of likely N-dealkylation sites (tertiary alicyclic amines) is 1. The third-order valence-electron chi connectivity index (χ3n) is 4.24. The Morgan fingerprint density at radius 3 is 3.24 bits per heavy atom. The Morgan fingerprint density at radius 2 is 2.52 bits per heavy atom. The maximum atomic E-state index is 12.2. The predicted octanol–water partition coefficient (Wildman–Crippen LogP) is 0.0758. The number of hydrogen-bond donors (Lipinski definition) is 1. The molecule has 7 heteroatoms. The molecule has 1 aromatic heterocycles. The summed E-state index contributed by atoms with van der Waals surface area (Å²) in [6.07, 6.45) is 2.43. The Hall–Kier alpha value is -1.44. The molecule has 3 rings (SSSR count). The zero-order chi connectivity index (χ0) is 14.9. The van der Waals surface area contributed by atoms with Crippen LogP contribution in [0.3, 0.4) is 0 Å². The largest absolute Gasteiger partial charge is 0.443 e. The van der Waals surface area contributed by atoms with Crippen LogP contribution in [0.5, 0.6) is 0 Å². The number of oxazole rings is 1. The highest BCUT2D eigenvalue weighted by Gasteiger charge is 2.46. The van der Waals surface area contributed by atoms with E-state index in [1.807, 2.05) is 6.92 Å². The average Bonchev–Trinajstić information content (AvgIpc) is 3.01. The monoisotopic (exact) mass is 295 g/mol. The minimum atomic E-state index is -0.298. The van der Waals surface area contributed by atoms with Crippen molar-refractivity contribution in [3.8, 4) is 0 Å². The van der Waals surface area contributed by atoms with Crippen molar-refractivity contribution in [1.82, 2.24) is 9.88 Å². The van der Waals surface area contributed by atoms with Gasteiger partial charge < -0.3 is 24.5 Å². The molecule has 0 bridgehead atoms. The molecule has 3 heterocycles. The predicted molar refractivity (Wildman–Crippen MR) is 73.3 cm³/mol. The lowest BCUT2D eigenvalue weighted by molar-refractivity contribution is -0.136. The van der Waals surface area contributed by atoms with E-state index in [-0.39, 0.29) is 30.6 Å². The molecule has 0 aromatic carbocycles. The molecule has 2 saturated heterocycles. The van der Waals surface area contributed by atoms with Crippen LogP contribution in [0.25, 0.3) is 0 Å². The molecule has 7 nitrogen and oxygen atoms in total. The second-order valence-electron chi connectivity index (χ2n) is 5.89. The molecule has 2 fully saturated rings.